The molecule has 0 saturated carbocycles. The van der Waals surface area contributed by atoms with Crippen molar-refractivity contribution in [2.45, 2.75) is 32.9 Å². The molecule has 1 aromatic heterocycles. The normalized spacial score (nSPS) is 11.9. The second kappa shape index (κ2) is 5.68. The highest BCUT2D eigenvalue weighted by atomic mass is 35.5. The summed E-state index contributed by atoms with van der Waals surface area (Å²) in [7, 11) is 0. The van der Waals surface area contributed by atoms with Crippen LogP contribution in [0.3, 0.4) is 0 Å². The van der Waals surface area contributed by atoms with Crippen LogP contribution in [0.1, 0.15) is 26.5 Å². The molecule has 2 aromatic rings. The van der Waals surface area contributed by atoms with Crippen molar-refractivity contribution in [3.8, 4) is 5.69 Å². The van der Waals surface area contributed by atoms with Gasteiger partial charge in [0.15, 0.2) is 5.82 Å². The molecule has 0 spiro atoms. The second-order valence-corrected chi connectivity index (χ2v) is 6.30. The van der Waals surface area contributed by atoms with Crippen LogP contribution >= 0.6 is 23.2 Å². The van der Waals surface area contributed by atoms with Gasteiger partial charge in [-0.15, -0.1) is 5.10 Å². The summed E-state index contributed by atoms with van der Waals surface area (Å²) in [5.41, 5.74) is 1.33. The molecule has 2 rings (SSSR count). The maximum Gasteiger partial charge on any atom is 0.160 e. The summed E-state index contributed by atoms with van der Waals surface area (Å²) in [6, 6.07) is 2.91. The van der Waals surface area contributed by atoms with Crippen molar-refractivity contribution >= 4 is 23.2 Å². The van der Waals surface area contributed by atoms with Crippen molar-refractivity contribution in [1.29, 1.82) is 0 Å². The molecule has 0 amide bonds. The van der Waals surface area contributed by atoms with Crippen LogP contribution in [-0.2, 0) is 6.54 Å². The maximum atomic E-state index is 13.4. The average molecular weight is 317 g/mol. The van der Waals surface area contributed by atoms with Gasteiger partial charge in [-0.1, -0.05) is 28.4 Å². The Morgan fingerprint density at radius 3 is 2.40 bits per heavy atom. The Morgan fingerprint density at radius 1 is 1.25 bits per heavy atom. The lowest BCUT2D eigenvalue weighted by Crippen LogP contribution is -2.35. The van der Waals surface area contributed by atoms with Gasteiger partial charge in [0.2, 0.25) is 0 Å². The minimum Gasteiger partial charge on any atom is -0.306 e. The highest BCUT2D eigenvalue weighted by Crippen LogP contribution is 2.26. The first-order valence-electron chi connectivity index (χ1n) is 6.07. The Hall–Kier alpha value is -1.17. The molecule has 108 valence electrons. The molecular formula is C13H15Cl2FN4. The van der Waals surface area contributed by atoms with E-state index < -0.39 is 5.82 Å². The molecule has 0 aliphatic rings. The van der Waals surface area contributed by atoms with Gasteiger partial charge in [-0.05, 0) is 32.9 Å². The zero-order valence-electron chi connectivity index (χ0n) is 11.4. The lowest BCUT2D eigenvalue weighted by Gasteiger charge is -2.19. The standard InChI is InChI=1S/C13H15Cl2FN4/c1-13(2,3)17-6-8-7-20(19-18-8)9-4-10(14)12(16)11(15)5-9/h4-5,7,17H,6H2,1-3H3. The predicted octanol–water partition coefficient (Wildman–Crippen LogP) is 3.60. The number of hydrogen-bond donors (Lipinski definition) is 1. The highest BCUT2D eigenvalue weighted by molar-refractivity contribution is 6.35. The first kappa shape index (κ1) is 15.2. The summed E-state index contributed by atoms with van der Waals surface area (Å²) in [6.45, 7) is 6.79. The molecule has 20 heavy (non-hydrogen) atoms. The molecule has 0 aliphatic carbocycles. The third-order valence-corrected chi connectivity index (χ3v) is 3.12. The molecular weight excluding hydrogens is 302 g/mol. The zero-order chi connectivity index (χ0) is 14.9. The van der Waals surface area contributed by atoms with E-state index >= 15 is 0 Å². The van der Waals surface area contributed by atoms with Crippen LogP contribution < -0.4 is 5.32 Å². The van der Waals surface area contributed by atoms with Crippen LogP contribution in [0.15, 0.2) is 18.3 Å². The van der Waals surface area contributed by atoms with Gasteiger partial charge in [0.1, 0.15) is 0 Å². The van der Waals surface area contributed by atoms with Crippen LogP contribution in [0.25, 0.3) is 5.69 Å². The van der Waals surface area contributed by atoms with Gasteiger partial charge in [-0.2, -0.15) is 0 Å². The van der Waals surface area contributed by atoms with E-state index in [9.17, 15) is 4.39 Å². The summed E-state index contributed by atoms with van der Waals surface area (Å²) in [4.78, 5) is 0. The average Bonchev–Trinajstić information content (AvgIpc) is 2.81. The second-order valence-electron chi connectivity index (χ2n) is 5.48. The number of rotatable bonds is 3. The first-order chi connectivity index (χ1) is 9.26. The molecule has 0 saturated heterocycles. The molecule has 1 aromatic carbocycles. The van der Waals surface area contributed by atoms with Crippen LogP contribution in [0.4, 0.5) is 4.39 Å². The van der Waals surface area contributed by atoms with Gasteiger partial charge in [0, 0.05) is 12.1 Å². The fourth-order valence-electron chi connectivity index (χ4n) is 1.54. The minimum atomic E-state index is -0.633. The fraction of sp³-hybridized carbons (Fsp3) is 0.385. The number of halogens is 3. The van der Waals surface area contributed by atoms with Crippen LogP contribution in [0.5, 0.6) is 0 Å². The van der Waals surface area contributed by atoms with Gasteiger partial charge in [-0.3, -0.25) is 0 Å². The molecule has 0 aliphatic heterocycles. The van der Waals surface area contributed by atoms with Crippen LogP contribution in [-0.4, -0.2) is 20.5 Å². The van der Waals surface area contributed by atoms with Gasteiger partial charge in [-0.25, -0.2) is 9.07 Å². The number of nitrogens with zero attached hydrogens (tertiary/aromatic N) is 3. The summed E-state index contributed by atoms with van der Waals surface area (Å²) >= 11 is 11.5. The highest BCUT2D eigenvalue weighted by Gasteiger charge is 2.12. The van der Waals surface area contributed by atoms with E-state index in [0.717, 1.165) is 5.69 Å². The zero-order valence-corrected chi connectivity index (χ0v) is 12.9. The van der Waals surface area contributed by atoms with E-state index in [0.29, 0.717) is 12.2 Å². The Labute approximate surface area is 126 Å². The molecule has 1 N–H and O–H groups in total. The van der Waals surface area contributed by atoms with Gasteiger partial charge in [0.05, 0.1) is 27.6 Å². The van der Waals surface area contributed by atoms with E-state index in [1.165, 1.54) is 16.8 Å². The third-order valence-electron chi connectivity index (χ3n) is 2.57. The monoisotopic (exact) mass is 316 g/mol. The van der Waals surface area contributed by atoms with Crippen molar-refractivity contribution in [1.82, 2.24) is 20.3 Å². The van der Waals surface area contributed by atoms with Gasteiger partial charge >= 0.3 is 0 Å². The van der Waals surface area contributed by atoms with E-state index in [1.54, 1.807) is 6.20 Å². The maximum absolute atomic E-state index is 13.4. The van der Waals surface area contributed by atoms with Crippen molar-refractivity contribution < 1.29 is 4.39 Å². The van der Waals surface area contributed by atoms with E-state index in [-0.39, 0.29) is 15.6 Å². The molecule has 0 unspecified atom stereocenters. The molecule has 4 nitrogen and oxygen atoms in total. The number of hydrogen-bond acceptors (Lipinski definition) is 3. The summed E-state index contributed by atoms with van der Waals surface area (Å²) in [6.07, 6.45) is 1.75. The molecule has 7 heteroatoms. The quantitative estimate of drug-likeness (QED) is 0.880. The fourth-order valence-corrected chi connectivity index (χ4v) is 2.01. The predicted molar refractivity (Wildman–Crippen MR) is 77.9 cm³/mol. The summed E-state index contributed by atoms with van der Waals surface area (Å²) in [5.74, 6) is -0.633. The van der Waals surface area contributed by atoms with Crippen molar-refractivity contribution in [3.63, 3.8) is 0 Å². The molecule has 0 bridgehead atoms. The molecule has 0 radical (unpaired) electrons. The largest absolute Gasteiger partial charge is 0.306 e. The number of benzene rings is 1. The van der Waals surface area contributed by atoms with E-state index in [2.05, 4.69) is 36.4 Å². The topological polar surface area (TPSA) is 42.7 Å². The summed E-state index contributed by atoms with van der Waals surface area (Å²) < 4.78 is 14.9. The van der Waals surface area contributed by atoms with Gasteiger partial charge < -0.3 is 5.32 Å². The minimum absolute atomic E-state index is 0.00767. The molecule has 1 heterocycles. The van der Waals surface area contributed by atoms with Crippen LogP contribution in [0, 0.1) is 5.82 Å². The first-order valence-corrected chi connectivity index (χ1v) is 6.83. The Balaban J connectivity index is 2.21. The number of aromatic nitrogens is 3. The molecule has 0 fully saturated rings. The van der Waals surface area contributed by atoms with Gasteiger partial charge in [0.25, 0.3) is 0 Å². The summed E-state index contributed by atoms with van der Waals surface area (Å²) in [5, 5.41) is 11.3. The third kappa shape index (κ3) is 3.69. The van der Waals surface area contributed by atoms with E-state index in [1.807, 2.05) is 0 Å². The van der Waals surface area contributed by atoms with E-state index in [4.69, 9.17) is 23.2 Å². The molecule has 0 atom stereocenters. The smallest absolute Gasteiger partial charge is 0.160 e. The van der Waals surface area contributed by atoms with Crippen molar-refractivity contribution in [2.75, 3.05) is 0 Å². The van der Waals surface area contributed by atoms with Crippen LogP contribution in [0.2, 0.25) is 10.0 Å². The van der Waals surface area contributed by atoms with Crippen molar-refractivity contribution in [2.24, 2.45) is 0 Å². The SMILES string of the molecule is CC(C)(C)NCc1cn(-c2cc(Cl)c(F)c(Cl)c2)nn1. The van der Waals surface area contributed by atoms with Crippen molar-refractivity contribution in [3.05, 3.63) is 39.9 Å². The Bertz CT molecular complexity index is 596. The Kier molecular flexibility index (Phi) is 4.32. The lowest BCUT2D eigenvalue weighted by atomic mass is 10.1. The lowest BCUT2D eigenvalue weighted by molar-refractivity contribution is 0.421. The number of nitrogens with one attached hydrogen (secondary N) is 1. The Morgan fingerprint density at radius 2 is 1.85 bits per heavy atom.